The molecule has 2 aliphatic rings. The van der Waals surface area contributed by atoms with E-state index in [1.54, 1.807) is 23.0 Å². The molecule has 0 spiro atoms. The van der Waals surface area contributed by atoms with E-state index in [1.165, 1.54) is 6.42 Å². The molecule has 1 N–H and O–H groups in total. The van der Waals surface area contributed by atoms with Gasteiger partial charge >= 0.3 is 0 Å². The third-order valence-electron chi connectivity index (χ3n) is 7.12. The molecule has 2 aromatic heterocycles. The van der Waals surface area contributed by atoms with Crippen LogP contribution in [0, 0.1) is 23.2 Å². The molecule has 3 aromatic rings. The van der Waals surface area contributed by atoms with Crippen molar-refractivity contribution in [2.75, 3.05) is 44.2 Å². The van der Waals surface area contributed by atoms with Crippen molar-refractivity contribution in [3.05, 3.63) is 45.7 Å². The normalized spacial score (nSPS) is 19.0. The van der Waals surface area contributed by atoms with Crippen LogP contribution in [0.3, 0.4) is 0 Å². The van der Waals surface area contributed by atoms with E-state index < -0.39 is 0 Å². The summed E-state index contributed by atoms with van der Waals surface area (Å²) >= 11 is 12.5. The molecule has 4 heterocycles. The van der Waals surface area contributed by atoms with Crippen LogP contribution in [0.25, 0.3) is 11.2 Å². The monoisotopic (exact) mass is 529 g/mol. The molecule has 2 aliphatic heterocycles. The Kier molecular flexibility index (Phi) is 8.68. The van der Waals surface area contributed by atoms with Gasteiger partial charge in [-0.15, -0.1) is 0 Å². The van der Waals surface area contributed by atoms with Crippen molar-refractivity contribution in [2.45, 2.75) is 39.7 Å². The number of likely N-dealkylation sites (tertiary alicyclic amines) is 1. The molecule has 10 heteroatoms. The van der Waals surface area contributed by atoms with Gasteiger partial charge in [-0.1, -0.05) is 43.1 Å². The minimum atomic E-state index is -0.244. The minimum absolute atomic E-state index is 0.244. The molecule has 0 radical (unpaired) electrons. The Morgan fingerprint density at radius 3 is 2.67 bits per heavy atom. The maximum atomic E-state index is 9.59. The number of aromatic nitrogens is 4. The molecule has 2 saturated heterocycles. The van der Waals surface area contributed by atoms with E-state index in [-0.39, 0.29) is 18.3 Å². The van der Waals surface area contributed by atoms with E-state index >= 15 is 0 Å². The number of benzene rings is 1. The van der Waals surface area contributed by atoms with Gasteiger partial charge in [0.1, 0.15) is 17.4 Å². The van der Waals surface area contributed by atoms with E-state index in [9.17, 15) is 5.26 Å². The standard InChI is InChI=1S/C24H27Cl2N7O.C2H6/c1-15(19-4-3-18(25)9-20(19)26)33-24-23(21(10-27)30-33)28-11-22(29-24)32-13-17(14-32)16-5-7-31(12-16)6-2-8-34;1-2/h3-4,9,11,15-17,34H,2,5-8,12-14H2,1H3;1-2H3. The molecule has 0 saturated carbocycles. The van der Waals surface area contributed by atoms with Crippen molar-refractivity contribution in [2.24, 2.45) is 11.8 Å². The highest BCUT2D eigenvalue weighted by molar-refractivity contribution is 6.35. The fourth-order valence-electron chi connectivity index (χ4n) is 5.11. The summed E-state index contributed by atoms with van der Waals surface area (Å²) in [6.45, 7) is 11.3. The smallest absolute Gasteiger partial charge is 0.190 e. The van der Waals surface area contributed by atoms with Crippen LogP contribution in [0.15, 0.2) is 24.4 Å². The Bertz CT molecular complexity index is 1230. The first kappa shape index (κ1) is 26.6. The molecular formula is C26H33Cl2N7O. The Hall–Kier alpha value is -2.44. The quantitative estimate of drug-likeness (QED) is 0.470. The third-order valence-corrected chi connectivity index (χ3v) is 7.68. The second kappa shape index (κ2) is 11.7. The summed E-state index contributed by atoms with van der Waals surface area (Å²) in [6, 6.07) is 7.26. The second-order valence-electron chi connectivity index (χ2n) is 9.24. The fourth-order valence-corrected chi connectivity index (χ4v) is 5.68. The lowest BCUT2D eigenvalue weighted by Gasteiger charge is -2.43. The van der Waals surface area contributed by atoms with Crippen LogP contribution in [0.5, 0.6) is 0 Å². The van der Waals surface area contributed by atoms with Crippen molar-refractivity contribution in [1.29, 1.82) is 5.26 Å². The van der Waals surface area contributed by atoms with Crippen LogP contribution in [0.1, 0.15) is 50.9 Å². The Labute approximate surface area is 222 Å². The zero-order valence-electron chi connectivity index (χ0n) is 21.0. The van der Waals surface area contributed by atoms with E-state index in [1.807, 2.05) is 26.8 Å². The number of nitrogens with zero attached hydrogens (tertiary/aromatic N) is 7. The van der Waals surface area contributed by atoms with E-state index in [0.717, 1.165) is 50.5 Å². The number of aliphatic hydroxyl groups is 1. The zero-order chi connectivity index (χ0) is 25.8. The summed E-state index contributed by atoms with van der Waals surface area (Å²) in [4.78, 5) is 14.1. The van der Waals surface area contributed by atoms with Gasteiger partial charge in [0.25, 0.3) is 0 Å². The molecule has 192 valence electrons. The number of hydrogen-bond donors (Lipinski definition) is 1. The lowest BCUT2D eigenvalue weighted by molar-refractivity contribution is 0.226. The summed E-state index contributed by atoms with van der Waals surface area (Å²) in [6.07, 6.45) is 3.80. The highest BCUT2D eigenvalue weighted by Crippen LogP contribution is 2.35. The Morgan fingerprint density at radius 2 is 1.97 bits per heavy atom. The van der Waals surface area contributed by atoms with Crippen molar-refractivity contribution < 1.29 is 5.11 Å². The number of nitriles is 1. The first-order valence-corrected chi connectivity index (χ1v) is 13.4. The first-order valence-electron chi connectivity index (χ1n) is 12.7. The highest BCUT2D eigenvalue weighted by atomic mass is 35.5. The molecule has 0 amide bonds. The van der Waals surface area contributed by atoms with Gasteiger partial charge in [-0.2, -0.15) is 10.4 Å². The summed E-state index contributed by atoms with van der Waals surface area (Å²) in [5.74, 6) is 2.14. The minimum Gasteiger partial charge on any atom is -0.396 e. The van der Waals surface area contributed by atoms with Gasteiger partial charge in [0, 0.05) is 42.8 Å². The maximum Gasteiger partial charge on any atom is 0.190 e. The van der Waals surface area contributed by atoms with Gasteiger partial charge in [0.15, 0.2) is 11.3 Å². The molecule has 2 atom stereocenters. The van der Waals surface area contributed by atoms with Gasteiger partial charge in [-0.05, 0) is 55.8 Å². The fraction of sp³-hybridized carbons (Fsp3) is 0.538. The predicted octanol–water partition coefficient (Wildman–Crippen LogP) is 4.78. The van der Waals surface area contributed by atoms with Crippen LogP contribution in [-0.4, -0.2) is 69.1 Å². The molecular weight excluding hydrogens is 497 g/mol. The molecule has 8 nitrogen and oxygen atoms in total. The predicted molar refractivity (Wildman–Crippen MR) is 144 cm³/mol. The zero-order valence-corrected chi connectivity index (χ0v) is 22.5. The topological polar surface area (TPSA) is 94.1 Å². The van der Waals surface area contributed by atoms with Crippen molar-refractivity contribution in [3.63, 3.8) is 0 Å². The Morgan fingerprint density at radius 1 is 1.19 bits per heavy atom. The summed E-state index contributed by atoms with van der Waals surface area (Å²) in [5, 5.41) is 24.3. The van der Waals surface area contributed by atoms with Crippen LogP contribution in [-0.2, 0) is 0 Å². The number of halogens is 2. The van der Waals surface area contributed by atoms with Crippen LogP contribution in [0.4, 0.5) is 5.82 Å². The largest absolute Gasteiger partial charge is 0.396 e. The summed E-state index contributed by atoms with van der Waals surface area (Å²) in [7, 11) is 0. The number of anilines is 1. The molecule has 5 rings (SSSR count). The van der Waals surface area contributed by atoms with Crippen LogP contribution < -0.4 is 4.90 Å². The van der Waals surface area contributed by atoms with Gasteiger partial charge in [0.05, 0.1) is 12.2 Å². The lowest BCUT2D eigenvalue weighted by atomic mass is 9.85. The van der Waals surface area contributed by atoms with Crippen molar-refractivity contribution >= 4 is 40.2 Å². The van der Waals surface area contributed by atoms with Gasteiger partial charge in [-0.3, -0.25) is 0 Å². The lowest BCUT2D eigenvalue weighted by Crippen LogP contribution is -2.51. The summed E-state index contributed by atoms with van der Waals surface area (Å²) < 4.78 is 1.73. The van der Waals surface area contributed by atoms with Crippen LogP contribution >= 0.6 is 23.2 Å². The number of hydrogen-bond acceptors (Lipinski definition) is 7. The number of rotatable bonds is 7. The average Bonchev–Trinajstić information content (AvgIpc) is 3.47. The molecule has 2 fully saturated rings. The molecule has 0 aliphatic carbocycles. The first-order chi connectivity index (χ1) is 17.5. The van der Waals surface area contributed by atoms with Crippen molar-refractivity contribution in [3.8, 4) is 6.07 Å². The average molecular weight is 531 g/mol. The van der Waals surface area contributed by atoms with E-state index in [4.69, 9.17) is 33.3 Å². The molecule has 2 unspecified atom stereocenters. The molecule has 0 bridgehead atoms. The second-order valence-corrected chi connectivity index (χ2v) is 10.1. The molecule has 36 heavy (non-hydrogen) atoms. The third kappa shape index (κ3) is 5.30. The Balaban J connectivity index is 0.00000148. The number of fused-ring (bicyclic) bond motifs is 1. The molecule has 1 aromatic carbocycles. The SMILES string of the molecule is CC.CC(c1ccc(Cl)cc1Cl)n1nc(C#N)c2ncc(N3CC(C4CCN(CCCO)C4)C3)nc21. The van der Waals surface area contributed by atoms with Gasteiger partial charge < -0.3 is 14.9 Å². The highest BCUT2D eigenvalue weighted by Gasteiger charge is 2.38. The number of aliphatic hydroxyl groups excluding tert-OH is 1. The van der Waals surface area contributed by atoms with E-state index in [0.29, 0.717) is 33.0 Å². The van der Waals surface area contributed by atoms with Crippen LogP contribution in [0.2, 0.25) is 10.0 Å². The van der Waals surface area contributed by atoms with Gasteiger partial charge in [-0.25, -0.2) is 14.6 Å². The van der Waals surface area contributed by atoms with Gasteiger partial charge in [0.2, 0.25) is 0 Å². The summed E-state index contributed by atoms with van der Waals surface area (Å²) in [5.41, 5.74) is 2.17. The van der Waals surface area contributed by atoms with Crippen molar-refractivity contribution in [1.82, 2.24) is 24.6 Å². The van der Waals surface area contributed by atoms with E-state index in [2.05, 4.69) is 26.0 Å². The maximum absolute atomic E-state index is 9.59.